The zero-order valence-corrected chi connectivity index (χ0v) is 8.62. The van der Waals surface area contributed by atoms with Crippen LogP contribution in [0.4, 0.5) is 0 Å². The summed E-state index contributed by atoms with van der Waals surface area (Å²) in [6.45, 7) is 1.99. The van der Waals surface area contributed by atoms with Crippen LogP contribution in [0.15, 0.2) is 0 Å². The van der Waals surface area contributed by atoms with Crippen LogP contribution in [0.25, 0.3) is 0 Å². The van der Waals surface area contributed by atoms with Gasteiger partial charge in [-0.25, -0.2) is 0 Å². The Morgan fingerprint density at radius 1 is 1.50 bits per heavy atom. The van der Waals surface area contributed by atoms with Gasteiger partial charge in [-0.1, -0.05) is 12.8 Å². The van der Waals surface area contributed by atoms with Crippen LogP contribution >= 0.6 is 11.8 Å². The molecule has 2 nitrogen and oxygen atoms in total. The van der Waals surface area contributed by atoms with Gasteiger partial charge in [0.05, 0.1) is 5.25 Å². The molecule has 0 aromatic rings. The van der Waals surface area contributed by atoms with Crippen LogP contribution in [0, 0.1) is 0 Å². The second kappa shape index (κ2) is 4.75. The molecule has 3 heteroatoms. The minimum Gasteiger partial charge on any atom is -0.358 e. The highest BCUT2D eigenvalue weighted by molar-refractivity contribution is 8.01. The molecule has 12 heavy (non-hydrogen) atoms. The van der Waals surface area contributed by atoms with Gasteiger partial charge in [0.15, 0.2) is 0 Å². The first kappa shape index (κ1) is 9.90. The molecule has 0 aliphatic heterocycles. The number of hydrogen-bond acceptors (Lipinski definition) is 2. The second-order valence-electron chi connectivity index (χ2n) is 3.30. The van der Waals surface area contributed by atoms with Crippen LogP contribution < -0.4 is 5.32 Å². The predicted molar refractivity (Wildman–Crippen MR) is 53.4 cm³/mol. The van der Waals surface area contributed by atoms with E-state index >= 15 is 0 Å². The maximum absolute atomic E-state index is 11.2. The normalized spacial score (nSPS) is 20.8. The fourth-order valence-corrected chi connectivity index (χ4v) is 3.00. The molecule has 1 atom stereocenters. The van der Waals surface area contributed by atoms with E-state index < -0.39 is 0 Å². The van der Waals surface area contributed by atoms with Crippen LogP contribution in [0.1, 0.15) is 32.6 Å². The molecule has 1 N–H and O–H groups in total. The van der Waals surface area contributed by atoms with E-state index in [-0.39, 0.29) is 11.2 Å². The molecule has 1 aliphatic rings. The van der Waals surface area contributed by atoms with Gasteiger partial charge in [-0.3, -0.25) is 4.79 Å². The van der Waals surface area contributed by atoms with Crippen molar-refractivity contribution >= 4 is 17.7 Å². The average Bonchev–Trinajstić information content (AvgIpc) is 2.55. The van der Waals surface area contributed by atoms with Crippen molar-refractivity contribution in [3.05, 3.63) is 0 Å². The van der Waals surface area contributed by atoms with Gasteiger partial charge < -0.3 is 5.32 Å². The summed E-state index contributed by atoms with van der Waals surface area (Å²) in [5, 5.41) is 3.54. The van der Waals surface area contributed by atoms with Crippen LogP contribution in [0.3, 0.4) is 0 Å². The van der Waals surface area contributed by atoms with Gasteiger partial charge in [0, 0.05) is 12.3 Å². The number of thioether (sulfide) groups is 1. The molecule has 0 aromatic carbocycles. The van der Waals surface area contributed by atoms with Crippen molar-refractivity contribution in [3.8, 4) is 0 Å². The molecule has 1 saturated carbocycles. The second-order valence-corrected chi connectivity index (χ2v) is 4.94. The van der Waals surface area contributed by atoms with Gasteiger partial charge in [-0.15, -0.1) is 11.8 Å². The van der Waals surface area contributed by atoms with Crippen molar-refractivity contribution < 1.29 is 4.79 Å². The largest absolute Gasteiger partial charge is 0.358 e. The molecule has 1 rings (SSSR count). The lowest BCUT2D eigenvalue weighted by molar-refractivity contribution is -0.119. The first-order valence-corrected chi connectivity index (χ1v) is 5.55. The lowest BCUT2D eigenvalue weighted by Gasteiger charge is -2.14. The number of nitrogens with one attached hydrogen (secondary N) is 1. The highest BCUT2D eigenvalue weighted by Crippen LogP contribution is 2.31. The Morgan fingerprint density at radius 2 is 2.08 bits per heavy atom. The summed E-state index contributed by atoms with van der Waals surface area (Å²) in [4.78, 5) is 11.2. The van der Waals surface area contributed by atoms with Gasteiger partial charge in [0.1, 0.15) is 0 Å². The Balaban J connectivity index is 2.24. The summed E-state index contributed by atoms with van der Waals surface area (Å²) >= 11 is 1.83. The molecule has 0 spiro atoms. The summed E-state index contributed by atoms with van der Waals surface area (Å²) < 4.78 is 0. The highest BCUT2D eigenvalue weighted by atomic mass is 32.2. The highest BCUT2D eigenvalue weighted by Gasteiger charge is 2.21. The molecule has 1 unspecified atom stereocenters. The third-order valence-corrected chi connectivity index (χ3v) is 3.79. The van der Waals surface area contributed by atoms with Gasteiger partial charge in [-0.2, -0.15) is 0 Å². The first-order chi connectivity index (χ1) is 5.74. The van der Waals surface area contributed by atoms with Gasteiger partial charge in [0.2, 0.25) is 5.91 Å². The Morgan fingerprint density at radius 3 is 2.58 bits per heavy atom. The van der Waals surface area contributed by atoms with Crippen molar-refractivity contribution in [2.24, 2.45) is 0 Å². The fraction of sp³-hybridized carbons (Fsp3) is 0.889. The number of amides is 1. The zero-order chi connectivity index (χ0) is 8.97. The van der Waals surface area contributed by atoms with Crippen molar-refractivity contribution in [3.63, 3.8) is 0 Å². The third kappa shape index (κ3) is 2.70. The van der Waals surface area contributed by atoms with Crippen molar-refractivity contribution in [1.82, 2.24) is 5.32 Å². The van der Waals surface area contributed by atoms with Gasteiger partial charge >= 0.3 is 0 Å². The molecule has 1 fully saturated rings. The molecule has 0 heterocycles. The van der Waals surface area contributed by atoms with Crippen molar-refractivity contribution in [2.45, 2.75) is 43.1 Å². The quantitative estimate of drug-likeness (QED) is 0.730. The molecule has 0 aromatic heterocycles. The van der Waals surface area contributed by atoms with E-state index in [1.54, 1.807) is 7.05 Å². The minimum absolute atomic E-state index is 0.123. The van der Waals surface area contributed by atoms with E-state index in [1.165, 1.54) is 25.7 Å². The van der Waals surface area contributed by atoms with E-state index in [1.807, 2.05) is 18.7 Å². The molecule has 0 bridgehead atoms. The molecule has 0 radical (unpaired) electrons. The van der Waals surface area contributed by atoms with Crippen LogP contribution in [-0.4, -0.2) is 23.5 Å². The van der Waals surface area contributed by atoms with E-state index in [0.29, 0.717) is 0 Å². The summed E-state index contributed by atoms with van der Waals surface area (Å²) in [5.41, 5.74) is 0. The number of hydrogen-bond donors (Lipinski definition) is 1. The lowest BCUT2D eigenvalue weighted by atomic mass is 10.4. The monoisotopic (exact) mass is 187 g/mol. The van der Waals surface area contributed by atoms with Crippen molar-refractivity contribution in [1.29, 1.82) is 0 Å². The van der Waals surface area contributed by atoms with E-state index in [2.05, 4.69) is 5.32 Å². The van der Waals surface area contributed by atoms with E-state index in [0.717, 1.165) is 5.25 Å². The van der Waals surface area contributed by atoms with Crippen molar-refractivity contribution in [2.75, 3.05) is 7.05 Å². The summed E-state index contributed by atoms with van der Waals surface area (Å²) in [6.07, 6.45) is 5.29. The molecule has 1 aliphatic carbocycles. The first-order valence-electron chi connectivity index (χ1n) is 4.61. The summed E-state index contributed by atoms with van der Waals surface area (Å²) in [5.74, 6) is 0.159. The Bertz CT molecular complexity index is 155. The molecule has 0 saturated heterocycles. The molecule has 70 valence electrons. The van der Waals surface area contributed by atoms with Crippen LogP contribution in [0.5, 0.6) is 0 Å². The van der Waals surface area contributed by atoms with E-state index in [9.17, 15) is 4.79 Å². The SMILES string of the molecule is CNC(=O)C(C)SC1CCCC1. The minimum atomic E-state index is 0.123. The predicted octanol–water partition coefficient (Wildman–Crippen LogP) is 1.80. The smallest absolute Gasteiger partial charge is 0.232 e. The standard InChI is InChI=1S/C9H17NOS/c1-7(9(11)10-2)12-8-5-3-4-6-8/h7-8H,3-6H2,1-2H3,(H,10,11). The zero-order valence-electron chi connectivity index (χ0n) is 7.80. The van der Waals surface area contributed by atoms with Crippen LogP contribution in [-0.2, 0) is 4.79 Å². The Labute approximate surface area is 78.5 Å². The topological polar surface area (TPSA) is 29.1 Å². The third-order valence-electron chi connectivity index (χ3n) is 2.31. The Kier molecular flexibility index (Phi) is 3.92. The lowest BCUT2D eigenvalue weighted by Crippen LogP contribution is -2.28. The molecule has 1 amide bonds. The molecular formula is C9H17NOS. The number of carbonyl (C=O) groups excluding carboxylic acids is 1. The van der Waals surface area contributed by atoms with Gasteiger partial charge in [0.25, 0.3) is 0 Å². The fourth-order valence-electron chi connectivity index (χ4n) is 1.58. The summed E-state index contributed by atoms with van der Waals surface area (Å²) in [6, 6.07) is 0. The van der Waals surface area contributed by atoms with E-state index in [4.69, 9.17) is 0 Å². The maximum atomic E-state index is 11.2. The van der Waals surface area contributed by atoms with Crippen LogP contribution in [0.2, 0.25) is 0 Å². The average molecular weight is 187 g/mol. The van der Waals surface area contributed by atoms with Gasteiger partial charge in [-0.05, 0) is 19.8 Å². The Hall–Kier alpha value is -0.180. The number of carbonyl (C=O) groups is 1. The maximum Gasteiger partial charge on any atom is 0.232 e. The molecular weight excluding hydrogens is 170 g/mol. The number of rotatable bonds is 3. The summed E-state index contributed by atoms with van der Waals surface area (Å²) in [7, 11) is 1.70.